The molecule has 2 atom stereocenters. The molecule has 4 nitrogen and oxygen atoms in total. The van der Waals surface area contributed by atoms with Gasteiger partial charge in [0.15, 0.2) is 6.29 Å². The second-order valence-electron chi connectivity index (χ2n) is 9.80. The summed E-state index contributed by atoms with van der Waals surface area (Å²) in [5, 5.41) is 3.12. The van der Waals surface area contributed by atoms with Crippen molar-refractivity contribution in [3.8, 4) is 0 Å². The Labute approximate surface area is 196 Å². The lowest BCUT2D eigenvalue weighted by molar-refractivity contribution is -0.274. The van der Waals surface area contributed by atoms with Crippen LogP contribution in [0.5, 0.6) is 0 Å². The van der Waals surface area contributed by atoms with Crippen molar-refractivity contribution in [1.82, 2.24) is 0 Å². The van der Waals surface area contributed by atoms with Crippen LogP contribution in [0.1, 0.15) is 56.6 Å². The Morgan fingerprint density at radius 3 is 2.09 bits per heavy atom. The SMILES string of the molecule is CC(C)[C@@H]1O[C@H](c2cccc(NC(=O)C(c3ccccc3)c3ccccc3)c2)OCC1(C)C. The molecule has 1 N–H and O–H groups in total. The Morgan fingerprint density at radius 1 is 0.909 bits per heavy atom. The number of hydrogen-bond acceptors (Lipinski definition) is 3. The van der Waals surface area contributed by atoms with Crippen LogP contribution in [0.4, 0.5) is 5.69 Å². The van der Waals surface area contributed by atoms with E-state index in [2.05, 4.69) is 33.0 Å². The molecular weight excluding hydrogens is 410 g/mol. The Kier molecular flexibility index (Phi) is 6.96. The van der Waals surface area contributed by atoms with Crippen LogP contribution in [0.3, 0.4) is 0 Å². The predicted octanol–water partition coefficient (Wildman–Crippen LogP) is 6.55. The number of amides is 1. The van der Waals surface area contributed by atoms with E-state index in [4.69, 9.17) is 9.47 Å². The first-order valence-electron chi connectivity index (χ1n) is 11.6. The van der Waals surface area contributed by atoms with E-state index in [-0.39, 0.29) is 17.4 Å². The Hall–Kier alpha value is -2.95. The predicted molar refractivity (Wildman–Crippen MR) is 132 cm³/mol. The molecule has 1 amide bonds. The third-order valence-electron chi connectivity index (χ3n) is 6.21. The van der Waals surface area contributed by atoms with E-state index in [9.17, 15) is 4.79 Å². The summed E-state index contributed by atoms with van der Waals surface area (Å²) in [6.45, 7) is 9.34. The van der Waals surface area contributed by atoms with E-state index in [1.165, 1.54) is 0 Å². The molecule has 3 aromatic rings. The molecule has 0 bridgehead atoms. The quantitative estimate of drug-likeness (QED) is 0.470. The van der Waals surface area contributed by atoms with Crippen molar-refractivity contribution in [3.05, 3.63) is 102 Å². The van der Waals surface area contributed by atoms with Gasteiger partial charge in [0.2, 0.25) is 5.91 Å². The minimum absolute atomic E-state index is 0.0465. The van der Waals surface area contributed by atoms with Gasteiger partial charge in [0.05, 0.1) is 18.6 Å². The maximum Gasteiger partial charge on any atom is 0.236 e. The smallest absolute Gasteiger partial charge is 0.236 e. The van der Waals surface area contributed by atoms with Gasteiger partial charge in [-0.3, -0.25) is 4.79 Å². The molecule has 4 rings (SSSR count). The van der Waals surface area contributed by atoms with Gasteiger partial charge in [-0.2, -0.15) is 0 Å². The highest BCUT2D eigenvalue weighted by molar-refractivity contribution is 5.98. The summed E-state index contributed by atoms with van der Waals surface area (Å²) < 4.78 is 12.4. The second-order valence-corrected chi connectivity index (χ2v) is 9.80. The first-order valence-corrected chi connectivity index (χ1v) is 11.6. The molecule has 1 aliphatic heterocycles. The molecule has 1 fully saturated rings. The summed E-state index contributed by atoms with van der Waals surface area (Å²) in [6.07, 6.45) is -0.351. The van der Waals surface area contributed by atoms with Crippen LogP contribution in [0, 0.1) is 11.3 Å². The van der Waals surface area contributed by atoms with E-state index in [0.717, 1.165) is 22.4 Å². The van der Waals surface area contributed by atoms with Crippen molar-refractivity contribution in [2.75, 3.05) is 11.9 Å². The second kappa shape index (κ2) is 9.90. The Morgan fingerprint density at radius 2 is 1.52 bits per heavy atom. The van der Waals surface area contributed by atoms with Crippen LogP contribution in [0.15, 0.2) is 84.9 Å². The number of ether oxygens (including phenoxy) is 2. The fraction of sp³-hybridized carbons (Fsp3) is 0.345. The Balaban J connectivity index is 1.56. The first-order chi connectivity index (χ1) is 15.8. The molecule has 0 saturated carbocycles. The van der Waals surface area contributed by atoms with Crippen molar-refractivity contribution in [1.29, 1.82) is 0 Å². The number of anilines is 1. The molecule has 0 aromatic heterocycles. The number of carbonyl (C=O) groups excluding carboxylic acids is 1. The van der Waals surface area contributed by atoms with E-state index in [1.54, 1.807) is 0 Å². The molecule has 0 spiro atoms. The van der Waals surface area contributed by atoms with Crippen LogP contribution in [-0.2, 0) is 14.3 Å². The topological polar surface area (TPSA) is 47.6 Å². The van der Waals surface area contributed by atoms with Crippen molar-refractivity contribution >= 4 is 11.6 Å². The molecule has 4 heteroatoms. The highest BCUT2D eigenvalue weighted by atomic mass is 16.7. The van der Waals surface area contributed by atoms with Crippen molar-refractivity contribution in [3.63, 3.8) is 0 Å². The van der Waals surface area contributed by atoms with Gasteiger partial charge < -0.3 is 14.8 Å². The lowest BCUT2D eigenvalue weighted by Gasteiger charge is -2.44. The third-order valence-corrected chi connectivity index (χ3v) is 6.21. The van der Waals surface area contributed by atoms with E-state index in [1.807, 2.05) is 84.9 Å². The minimum atomic E-state index is -0.443. The normalized spacial score (nSPS) is 20.1. The first kappa shape index (κ1) is 23.2. The van der Waals surface area contributed by atoms with E-state index >= 15 is 0 Å². The fourth-order valence-electron chi connectivity index (χ4n) is 4.73. The number of benzene rings is 3. The highest BCUT2D eigenvalue weighted by Gasteiger charge is 2.40. The summed E-state index contributed by atoms with van der Waals surface area (Å²) in [5.41, 5.74) is 3.50. The summed E-state index contributed by atoms with van der Waals surface area (Å²) in [6, 6.07) is 27.5. The molecule has 0 aliphatic carbocycles. The summed E-state index contributed by atoms with van der Waals surface area (Å²) >= 11 is 0. The van der Waals surface area contributed by atoms with Gasteiger partial charge in [-0.1, -0.05) is 100 Å². The summed E-state index contributed by atoms with van der Waals surface area (Å²) in [5.74, 6) is -0.0904. The average Bonchev–Trinajstić information content (AvgIpc) is 2.80. The zero-order valence-corrected chi connectivity index (χ0v) is 19.8. The van der Waals surface area contributed by atoms with Gasteiger partial charge in [0, 0.05) is 16.7 Å². The molecule has 0 radical (unpaired) electrons. The zero-order valence-electron chi connectivity index (χ0n) is 19.8. The number of rotatable bonds is 6. The van der Waals surface area contributed by atoms with Gasteiger partial charge in [-0.25, -0.2) is 0 Å². The highest BCUT2D eigenvalue weighted by Crippen LogP contribution is 2.40. The maximum atomic E-state index is 13.5. The standard InChI is InChI=1S/C29H33NO3/c1-20(2)26-29(3,4)19-32-28(33-26)23-16-11-17-24(18-23)30-27(31)25(21-12-7-5-8-13-21)22-14-9-6-10-15-22/h5-18,20,25-26,28H,19H2,1-4H3,(H,30,31)/t26-,28+/m0/s1. The van der Waals surface area contributed by atoms with E-state index < -0.39 is 12.2 Å². The fourth-order valence-corrected chi connectivity index (χ4v) is 4.73. The van der Waals surface area contributed by atoms with Crippen molar-refractivity contribution < 1.29 is 14.3 Å². The minimum Gasteiger partial charge on any atom is -0.348 e. The van der Waals surface area contributed by atoms with Crippen LogP contribution in [-0.4, -0.2) is 18.6 Å². The zero-order chi connectivity index (χ0) is 23.4. The van der Waals surface area contributed by atoms with Gasteiger partial charge in [-0.15, -0.1) is 0 Å². The van der Waals surface area contributed by atoms with Gasteiger partial charge in [0.1, 0.15) is 0 Å². The Bertz CT molecular complexity index is 1020. The van der Waals surface area contributed by atoms with Gasteiger partial charge in [-0.05, 0) is 29.2 Å². The third kappa shape index (κ3) is 5.35. The summed E-state index contributed by atoms with van der Waals surface area (Å²) in [4.78, 5) is 13.5. The lowest BCUT2D eigenvalue weighted by atomic mass is 9.80. The molecular formula is C29H33NO3. The van der Waals surface area contributed by atoms with Crippen LogP contribution >= 0.6 is 0 Å². The van der Waals surface area contributed by atoms with Crippen LogP contribution in [0.2, 0.25) is 0 Å². The molecule has 1 aliphatic rings. The molecule has 172 valence electrons. The van der Waals surface area contributed by atoms with Crippen LogP contribution < -0.4 is 5.32 Å². The average molecular weight is 444 g/mol. The monoisotopic (exact) mass is 443 g/mol. The van der Waals surface area contributed by atoms with Crippen molar-refractivity contribution in [2.24, 2.45) is 11.3 Å². The molecule has 0 unspecified atom stereocenters. The lowest BCUT2D eigenvalue weighted by Crippen LogP contribution is -2.45. The molecule has 33 heavy (non-hydrogen) atoms. The van der Waals surface area contributed by atoms with Gasteiger partial charge in [0.25, 0.3) is 0 Å². The largest absolute Gasteiger partial charge is 0.348 e. The summed E-state index contributed by atoms with van der Waals surface area (Å²) in [7, 11) is 0. The van der Waals surface area contributed by atoms with E-state index in [0.29, 0.717) is 12.5 Å². The van der Waals surface area contributed by atoms with Crippen molar-refractivity contribution in [2.45, 2.75) is 46.0 Å². The van der Waals surface area contributed by atoms with Gasteiger partial charge >= 0.3 is 0 Å². The number of hydrogen-bond donors (Lipinski definition) is 1. The number of nitrogens with one attached hydrogen (secondary N) is 1. The molecule has 1 heterocycles. The number of carbonyl (C=O) groups is 1. The molecule has 3 aromatic carbocycles. The van der Waals surface area contributed by atoms with Crippen LogP contribution in [0.25, 0.3) is 0 Å². The molecule has 1 saturated heterocycles. The maximum absolute atomic E-state index is 13.5.